The number of likely N-dealkylation sites (tertiary alicyclic amines) is 1. The lowest BCUT2D eigenvalue weighted by molar-refractivity contribution is -0.141. The fourth-order valence-corrected chi connectivity index (χ4v) is 2.72. The molecule has 96 valence electrons. The minimum Gasteiger partial charge on any atom is -0.481 e. The molecule has 2 rings (SSSR count). The molecule has 5 nitrogen and oxygen atoms in total. The van der Waals surface area contributed by atoms with Crippen LogP contribution in [0.5, 0.6) is 0 Å². The van der Waals surface area contributed by atoms with Crippen molar-refractivity contribution in [1.29, 1.82) is 0 Å². The van der Waals surface area contributed by atoms with E-state index in [-0.39, 0.29) is 11.8 Å². The van der Waals surface area contributed by atoms with Gasteiger partial charge >= 0.3 is 5.97 Å². The van der Waals surface area contributed by atoms with Gasteiger partial charge in [-0.05, 0) is 25.8 Å². The number of aliphatic carboxylic acids is 1. The van der Waals surface area contributed by atoms with Crippen molar-refractivity contribution in [3.8, 4) is 0 Å². The Hall–Kier alpha value is -1.10. The van der Waals surface area contributed by atoms with Gasteiger partial charge < -0.3 is 10.4 Å². The van der Waals surface area contributed by atoms with Gasteiger partial charge in [-0.3, -0.25) is 14.5 Å². The lowest BCUT2D eigenvalue weighted by atomic mass is 10.1. The van der Waals surface area contributed by atoms with Crippen LogP contribution in [-0.4, -0.2) is 47.6 Å². The molecule has 0 radical (unpaired) electrons. The maximum atomic E-state index is 11.7. The number of nitrogens with zero attached hydrogens (tertiary/aromatic N) is 1. The molecule has 2 aliphatic rings. The second-order valence-corrected chi connectivity index (χ2v) is 5.11. The van der Waals surface area contributed by atoms with E-state index in [9.17, 15) is 9.59 Å². The minimum atomic E-state index is -0.747. The molecule has 2 N–H and O–H groups in total. The summed E-state index contributed by atoms with van der Waals surface area (Å²) in [5.74, 6) is -0.999. The van der Waals surface area contributed by atoms with Gasteiger partial charge in [-0.25, -0.2) is 0 Å². The molecule has 0 bridgehead atoms. The first-order valence-electron chi connectivity index (χ1n) is 6.39. The van der Waals surface area contributed by atoms with Gasteiger partial charge in [-0.15, -0.1) is 0 Å². The number of hydrogen-bond donors (Lipinski definition) is 2. The summed E-state index contributed by atoms with van der Waals surface area (Å²) in [4.78, 5) is 24.4. The van der Waals surface area contributed by atoms with Crippen molar-refractivity contribution in [2.75, 3.05) is 19.6 Å². The van der Waals surface area contributed by atoms with Crippen molar-refractivity contribution in [2.45, 2.75) is 38.1 Å². The zero-order valence-corrected chi connectivity index (χ0v) is 10.0. The summed E-state index contributed by atoms with van der Waals surface area (Å²) >= 11 is 0. The number of carbonyl (C=O) groups excluding carboxylic acids is 1. The lowest BCUT2D eigenvalue weighted by Crippen LogP contribution is -2.40. The van der Waals surface area contributed by atoms with E-state index in [1.54, 1.807) is 0 Å². The van der Waals surface area contributed by atoms with Crippen molar-refractivity contribution in [2.24, 2.45) is 5.92 Å². The maximum Gasteiger partial charge on any atom is 0.307 e. The van der Waals surface area contributed by atoms with E-state index in [1.807, 2.05) is 4.90 Å². The van der Waals surface area contributed by atoms with Crippen LogP contribution in [0.15, 0.2) is 0 Å². The minimum absolute atomic E-state index is 0.0444. The number of carbonyl (C=O) groups is 2. The third-order valence-corrected chi connectivity index (χ3v) is 3.71. The first-order chi connectivity index (χ1) is 8.15. The third kappa shape index (κ3) is 3.43. The highest BCUT2D eigenvalue weighted by atomic mass is 16.4. The van der Waals surface area contributed by atoms with Crippen molar-refractivity contribution < 1.29 is 14.7 Å². The smallest absolute Gasteiger partial charge is 0.307 e. The molecule has 1 unspecified atom stereocenters. The van der Waals surface area contributed by atoms with Crippen LogP contribution in [0.25, 0.3) is 0 Å². The number of hydrogen-bond acceptors (Lipinski definition) is 3. The summed E-state index contributed by atoms with van der Waals surface area (Å²) in [6.45, 7) is 1.57. The Balaban J connectivity index is 1.70. The predicted molar refractivity (Wildman–Crippen MR) is 62.6 cm³/mol. The second kappa shape index (κ2) is 5.49. The van der Waals surface area contributed by atoms with Gasteiger partial charge in [0.05, 0.1) is 12.5 Å². The summed E-state index contributed by atoms with van der Waals surface area (Å²) < 4.78 is 0. The highest BCUT2D eigenvalue weighted by molar-refractivity contribution is 5.78. The van der Waals surface area contributed by atoms with Crippen molar-refractivity contribution in [3.63, 3.8) is 0 Å². The normalized spacial score (nSPS) is 26.2. The lowest BCUT2D eigenvalue weighted by Gasteiger charge is -2.17. The summed E-state index contributed by atoms with van der Waals surface area (Å²) in [6.07, 6.45) is 5.24. The second-order valence-electron chi connectivity index (χ2n) is 5.11. The molecule has 0 aromatic rings. The maximum absolute atomic E-state index is 11.7. The monoisotopic (exact) mass is 240 g/mol. The molecule has 0 aromatic heterocycles. The van der Waals surface area contributed by atoms with Crippen molar-refractivity contribution in [1.82, 2.24) is 10.2 Å². The molecule has 1 saturated carbocycles. The van der Waals surface area contributed by atoms with Gasteiger partial charge in [0.1, 0.15) is 0 Å². The van der Waals surface area contributed by atoms with Crippen LogP contribution in [0.2, 0.25) is 0 Å². The SMILES string of the molecule is O=C(CN1CCC(C(=O)O)C1)NC1CCCC1. The van der Waals surface area contributed by atoms with E-state index in [0.717, 1.165) is 19.4 Å². The average molecular weight is 240 g/mol. The summed E-state index contributed by atoms with van der Waals surface area (Å²) in [5, 5.41) is 11.9. The van der Waals surface area contributed by atoms with Gasteiger partial charge in [0.25, 0.3) is 0 Å². The van der Waals surface area contributed by atoms with E-state index in [2.05, 4.69) is 5.32 Å². The molecule has 2 fully saturated rings. The summed E-state index contributed by atoms with van der Waals surface area (Å²) in [7, 11) is 0. The highest BCUT2D eigenvalue weighted by Gasteiger charge is 2.29. The number of amides is 1. The van der Waals surface area contributed by atoms with Crippen LogP contribution in [0.3, 0.4) is 0 Å². The summed E-state index contributed by atoms with van der Waals surface area (Å²) in [6, 6.07) is 0.348. The fraction of sp³-hybridized carbons (Fsp3) is 0.833. The first-order valence-corrected chi connectivity index (χ1v) is 6.39. The first kappa shape index (κ1) is 12.4. The fourth-order valence-electron chi connectivity index (χ4n) is 2.72. The Kier molecular flexibility index (Phi) is 3.99. The van der Waals surface area contributed by atoms with Gasteiger partial charge in [-0.2, -0.15) is 0 Å². The van der Waals surface area contributed by atoms with E-state index >= 15 is 0 Å². The van der Waals surface area contributed by atoms with Crippen LogP contribution in [0.1, 0.15) is 32.1 Å². The molecule has 1 amide bonds. The summed E-state index contributed by atoms with van der Waals surface area (Å²) in [5.41, 5.74) is 0. The largest absolute Gasteiger partial charge is 0.481 e. The van der Waals surface area contributed by atoms with Crippen LogP contribution in [0, 0.1) is 5.92 Å². The topological polar surface area (TPSA) is 69.6 Å². The Morgan fingerprint density at radius 1 is 1.24 bits per heavy atom. The Morgan fingerprint density at radius 3 is 2.53 bits per heavy atom. The van der Waals surface area contributed by atoms with E-state index in [4.69, 9.17) is 5.11 Å². The average Bonchev–Trinajstić information content (AvgIpc) is 2.88. The number of carboxylic acids is 1. The Bertz CT molecular complexity index is 300. The molecule has 1 aliphatic heterocycles. The van der Waals surface area contributed by atoms with Gasteiger partial charge in [0, 0.05) is 12.6 Å². The van der Waals surface area contributed by atoms with E-state index in [0.29, 0.717) is 25.6 Å². The molecule has 1 atom stereocenters. The molecule has 1 aliphatic carbocycles. The molecule has 0 aromatic carbocycles. The quantitative estimate of drug-likeness (QED) is 0.748. The van der Waals surface area contributed by atoms with Gasteiger partial charge in [0.2, 0.25) is 5.91 Å². The number of carboxylic acid groups (broad SMARTS) is 1. The van der Waals surface area contributed by atoms with Crippen LogP contribution < -0.4 is 5.32 Å². The van der Waals surface area contributed by atoms with Gasteiger partial charge in [0.15, 0.2) is 0 Å². The Morgan fingerprint density at radius 2 is 1.94 bits per heavy atom. The van der Waals surface area contributed by atoms with E-state index in [1.165, 1.54) is 12.8 Å². The molecule has 17 heavy (non-hydrogen) atoms. The van der Waals surface area contributed by atoms with Crippen molar-refractivity contribution in [3.05, 3.63) is 0 Å². The number of rotatable bonds is 4. The molecule has 1 saturated heterocycles. The van der Waals surface area contributed by atoms with Crippen LogP contribution in [0.4, 0.5) is 0 Å². The zero-order valence-electron chi connectivity index (χ0n) is 10.0. The highest BCUT2D eigenvalue weighted by Crippen LogP contribution is 2.18. The molecule has 0 spiro atoms. The zero-order chi connectivity index (χ0) is 12.3. The van der Waals surface area contributed by atoms with E-state index < -0.39 is 5.97 Å². The Labute approximate surface area is 101 Å². The molecule has 1 heterocycles. The molecule has 5 heteroatoms. The van der Waals surface area contributed by atoms with Crippen LogP contribution in [-0.2, 0) is 9.59 Å². The van der Waals surface area contributed by atoms with Crippen molar-refractivity contribution >= 4 is 11.9 Å². The predicted octanol–water partition coefficient (Wildman–Crippen LogP) is 0.452. The molecular weight excluding hydrogens is 220 g/mol. The van der Waals surface area contributed by atoms with Crippen LogP contribution >= 0.6 is 0 Å². The standard InChI is InChI=1S/C12H20N2O3/c15-11(13-10-3-1-2-4-10)8-14-6-5-9(7-14)12(16)17/h9-10H,1-8H2,(H,13,15)(H,16,17). The third-order valence-electron chi connectivity index (χ3n) is 3.71. The molecular formula is C12H20N2O3. The number of nitrogens with one attached hydrogen (secondary N) is 1. The van der Waals surface area contributed by atoms with Gasteiger partial charge in [-0.1, -0.05) is 12.8 Å².